The van der Waals surface area contributed by atoms with Crippen molar-refractivity contribution in [1.82, 2.24) is 47.9 Å². The lowest BCUT2D eigenvalue weighted by Crippen LogP contribution is -2.60. The Morgan fingerprint density at radius 1 is 0.587 bits per heavy atom. The molecule has 26 nitrogen and oxygen atoms in total. The van der Waals surface area contributed by atoms with Crippen LogP contribution in [0.1, 0.15) is 93.1 Å². The SMILES string of the molecule is CSCC[C@H](N)C(=O)N[C@H](C(=O)N[C@@H](CC(C)C)C(=O)N[C@@H](C)C(=O)N[C@@H](CC(=O)O)C(=O)N[C@@H](Cc1ccccc1)C(=O)NCC(=O)N[C@@H](C)C(=O)N[C@@H](CCCN=C(N)N)C(=O)N[C@H](C(=O)O)C(C)C)C(C)C. The number of nitrogens with two attached hydrogens (primary N) is 3. The maximum Gasteiger partial charge on any atom is 0.326 e. The minimum Gasteiger partial charge on any atom is -0.481 e. The number of carboxylic acid groups (broad SMARTS) is 2. The molecule has 0 aliphatic heterocycles. The second-order valence-corrected chi connectivity index (χ2v) is 20.0. The molecule has 0 spiro atoms. The van der Waals surface area contributed by atoms with E-state index in [4.69, 9.17) is 17.2 Å². The molecule has 9 atom stereocenters. The third kappa shape index (κ3) is 25.7. The van der Waals surface area contributed by atoms with Crippen LogP contribution in [0.3, 0.4) is 0 Å². The van der Waals surface area contributed by atoms with Crippen LogP contribution in [-0.4, -0.2) is 161 Å². The summed E-state index contributed by atoms with van der Waals surface area (Å²) in [6, 6.07) is -3.34. The Hall–Kier alpha value is -7.03. The number of guanidine groups is 1. The summed E-state index contributed by atoms with van der Waals surface area (Å²) in [7, 11) is 0. The number of hydrogen-bond donors (Lipinski definition) is 14. The molecule has 0 fully saturated rings. The lowest BCUT2D eigenvalue weighted by Gasteiger charge is -2.28. The molecule has 17 N–H and O–H groups in total. The number of rotatable bonds is 34. The van der Waals surface area contributed by atoms with E-state index in [0.29, 0.717) is 17.7 Å². The molecule has 0 aromatic heterocycles. The fourth-order valence-corrected chi connectivity index (χ4v) is 7.50. The van der Waals surface area contributed by atoms with Gasteiger partial charge in [-0.3, -0.25) is 52.9 Å². The Morgan fingerprint density at radius 2 is 1.11 bits per heavy atom. The second kappa shape index (κ2) is 33.7. The molecule has 420 valence electrons. The van der Waals surface area contributed by atoms with Crippen molar-refractivity contribution in [3.63, 3.8) is 0 Å². The Labute approximate surface area is 441 Å². The lowest BCUT2D eigenvalue weighted by molar-refractivity contribution is -0.143. The summed E-state index contributed by atoms with van der Waals surface area (Å²) in [5.74, 6) is -11.0. The van der Waals surface area contributed by atoms with E-state index in [9.17, 15) is 63.0 Å². The van der Waals surface area contributed by atoms with Gasteiger partial charge in [-0.15, -0.1) is 0 Å². The summed E-state index contributed by atoms with van der Waals surface area (Å²) < 4.78 is 0. The smallest absolute Gasteiger partial charge is 0.326 e. The quantitative estimate of drug-likeness (QED) is 0.0190. The van der Waals surface area contributed by atoms with Gasteiger partial charge in [0.15, 0.2) is 5.96 Å². The van der Waals surface area contributed by atoms with Gasteiger partial charge in [-0.2, -0.15) is 11.8 Å². The number of aliphatic carboxylic acids is 2. The number of carbonyl (C=O) groups excluding carboxylic acids is 9. The average molecular weight is 1080 g/mol. The van der Waals surface area contributed by atoms with Crippen molar-refractivity contribution in [3.05, 3.63) is 35.9 Å². The molecule has 0 aliphatic rings. The molecular formula is C48H79N13O13S. The van der Waals surface area contributed by atoms with E-state index in [1.54, 1.807) is 71.9 Å². The summed E-state index contributed by atoms with van der Waals surface area (Å²) in [5.41, 5.74) is 17.3. The van der Waals surface area contributed by atoms with Crippen molar-refractivity contribution in [2.45, 2.75) is 148 Å². The number of nitrogens with one attached hydrogen (secondary N) is 9. The molecule has 1 aromatic carbocycles. The van der Waals surface area contributed by atoms with Crippen LogP contribution in [0.5, 0.6) is 0 Å². The first kappa shape index (κ1) is 66.0. The maximum atomic E-state index is 13.8. The van der Waals surface area contributed by atoms with Crippen LogP contribution in [0.25, 0.3) is 0 Å². The highest BCUT2D eigenvalue weighted by molar-refractivity contribution is 7.98. The molecule has 0 saturated carbocycles. The number of thioether (sulfide) groups is 1. The third-order valence-corrected chi connectivity index (χ3v) is 11.9. The fourth-order valence-electron chi connectivity index (χ4n) is 7.01. The van der Waals surface area contributed by atoms with E-state index >= 15 is 0 Å². The van der Waals surface area contributed by atoms with Crippen molar-refractivity contribution in [3.8, 4) is 0 Å². The zero-order valence-electron chi connectivity index (χ0n) is 44.2. The number of amides is 9. The van der Waals surface area contributed by atoms with Crippen molar-refractivity contribution in [2.75, 3.05) is 25.1 Å². The van der Waals surface area contributed by atoms with Crippen LogP contribution < -0.4 is 65.1 Å². The zero-order chi connectivity index (χ0) is 57.1. The van der Waals surface area contributed by atoms with Gasteiger partial charge in [0.25, 0.3) is 0 Å². The predicted octanol–water partition coefficient (Wildman–Crippen LogP) is -2.69. The Balaban J connectivity index is 3.20. The highest BCUT2D eigenvalue weighted by atomic mass is 32.2. The summed E-state index contributed by atoms with van der Waals surface area (Å²) in [6.07, 6.45) is 1.39. The monoisotopic (exact) mass is 1080 g/mol. The van der Waals surface area contributed by atoms with E-state index in [-0.39, 0.29) is 44.1 Å². The van der Waals surface area contributed by atoms with Crippen LogP contribution in [0, 0.1) is 17.8 Å². The molecule has 0 heterocycles. The summed E-state index contributed by atoms with van der Waals surface area (Å²) in [4.78, 5) is 148. The number of aliphatic imine (C=N–C) groups is 1. The van der Waals surface area contributed by atoms with Gasteiger partial charge in [-0.05, 0) is 74.9 Å². The summed E-state index contributed by atoms with van der Waals surface area (Å²) >= 11 is 1.51. The maximum absolute atomic E-state index is 13.8. The standard InChI is InChI=1S/C48H79N13O13S/c1-24(2)20-32(59-46(72)37(25(3)4)60-41(67)30(49)17-19-75-9)44(70)55-28(8)40(66)57-34(22-36(63)64)45(71)58-33(21-29-14-11-10-12-15-29)42(68)53-23-35(62)54-27(7)39(65)56-31(16-13-18-52-48(50)51)43(69)61-38(26(5)6)47(73)74/h10-12,14-15,24-28,30-34,37-38H,13,16-23,49H2,1-9H3,(H,53,68)(H,54,62)(H,55,70)(H,56,65)(H,57,66)(H,58,71)(H,59,72)(H,60,67)(H,61,69)(H,63,64)(H,73,74)(H4,50,51,52)/t27-,28-,30-,31-,32-,33-,34-,37-,38-/m0/s1. The second-order valence-electron chi connectivity index (χ2n) is 19.0. The lowest BCUT2D eigenvalue weighted by atomic mass is 9.99. The zero-order valence-corrected chi connectivity index (χ0v) is 45.0. The van der Waals surface area contributed by atoms with Gasteiger partial charge in [0, 0.05) is 13.0 Å². The van der Waals surface area contributed by atoms with Crippen molar-refractivity contribution >= 4 is 82.8 Å². The summed E-state index contributed by atoms with van der Waals surface area (Å²) in [6.45, 7) is 12.1. The van der Waals surface area contributed by atoms with E-state index in [2.05, 4.69) is 52.8 Å². The molecule has 0 bridgehead atoms. The Morgan fingerprint density at radius 3 is 1.64 bits per heavy atom. The Bertz CT molecular complexity index is 2140. The van der Waals surface area contributed by atoms with Gasteiger partial charge >= 0.3 is 11.9 Å². The van der Waals surface area contributed by atoms with Crippen LogP contribution >= 0.6 is 11.8 Å². The van der Waals surface area contributed by atoms with Crippen LogP contribution in [0.15, 0.2) is 35.3 Å². The fraction of sp³-hybridized carbons (Fsp3) is 0.625. The number of benzene rings is 1. The number of carboxylic acids is 2. The van der Waals surface area contributed by atoms with Crippen molar-refractivity contribution < 1.29 is 63.0 Å². The molecule has 0 aliphatic carbocycles. The first-order valence-corrected chi connectivity index (χ1v) is 26.0. The third-order valence-electron chi connectivity index (χ3n) is 11.2. The van der Waals surface area contributed by atoms with Crippen LogP contribution in [-0.2, 0) is 59.2 Å². The van der Waals surface area contributed by atoms with Crippen molar-refractivity contribution in [1.29, 1.82) is 0 Å². The topological polar surface area (TPSA) is 427 Å². The van der Waals surface area contributed by atoms with Gasteiger partial charge in [0.05, 0.1) is 19.0 Å². The summed E-state index contributed by atoms with van der Waals surface area (Å²) in [5, 5.41) is 41.5. The molecule has 0 radical (unpaired) electrons. The molecule has 75 heavy (non-hydrogen) atoms. The van der Waals surface area contributed by atoms with Gasteiger partial charge in [0.2, 0.25) is 53.2 Å². The highest BCUT2D eigenvalue weighted by Crippen LogP contribution is 2.11. The molecule has 27 heteroatoms. The molecule has 9 amide bonds. The first-order valence-electron chi connectivity index (χ1n) is 24.6. The highest BCUT2D eigenvalue weighted by Gasteiger charge is 2.35. The molecular weight excluding hydrogens is 999 g/mol. The number of carbonyl (C=O) groups is 11. The van der Waals surface area contributed by atoms with Gasteiger partial charge < -0.3 is 75.3 Å². The number of nitrogens with zero attached hydrogens (tertiary/aromatic N) is 1. The van der Waals surface area contributed by atoms with Crippen molar-refractivity contribution in [2.24, 2.45) is 39.9 Å². The van der Waals surface area contributed by atoms with Gasteiger partial charge in [-0.1, -0.05) is 71.9 Å². The average Bonchev–Trinajstić information content (AvgIpc) is 3.32. The van der Waals surface area contributed by atoms with E-state index in [1.165, 1.54) is 25.6 Å². The minimum atomic E-state index is -1.80. The molecule has 1 rings (SSSR count). The largest absolute Gasteiger partial charge is 0.481 e. The van der Waals surface area contributed by atoms with Gasteiger partial charge in [0.1, 0.15) is 48.3 Å². The van der Waals surface area contributed by atoms with Gasteiger partial charge in [-0.25, -0.2) is 4.79 Å². The van der Waals surface area contributed by atoms with E-state index in [1.807, 2.05) is 6.26 Å². The minimum absolute atomic E-state index is 0.0189. The number of hydrogen-bond acceptors (Lipinski definition) is 14. The molecule has 0 unspecified atom stereocenters. The molecule has 0 saturated heterocycles. The van der Waals surface area contributed by atoms with E-state index < -0.39 is 144 Å². The molecule has 1 aromatic rings. The van der Waals surface area contributed by atoms with E-state index in [0.717, 1.165) is 0 Å². The van der Waals surface area contributed by atoms with Crippen LogP contribution in [0.4, 0.5) is 0 Å². The van der Waals surface area contributed by atoms with Crippen LogP contribution in [0.2, 0.25) is 0 Å². The first-order chi connectivity index (χ1) is 35.1. The Kier molecular flexibility index (Phi) is 29.7. The normalized spacial score (nSPS) is 14.7. The predicted molar refractivity (Wildman–Crippen MR) is 280 cm³/mol.